The molecule has 0 heterocycles. The first-order chi connectivity index (χ1) is 7.06. The van der Waals surface area contributed by atoms with Gasteiger partial charge in [-0.05, 0) is 12.1 Å². The largest absolute Gasteiger partial charge is 0.422 e. The van der Waals surface area contributed by atoms with E-state index in [-0.39, 0.29) is 0 Å². The van der Waals surface area contributed by atoms with Crippen LogP contribution in [-0.4, -0.2) is 19.7 Å². The minimum absolute atomic E-state index is 0.404. The van der Waals surface area contributed by atoms with Gasteiger partial charge in [-0.3, -0.25) is 0 Å². The highest BCUT2D eigenvalue weighted by molar-refractivity contribution is 5.73. The topological polar surface area (TPSA) is 35.5 Å². The van der Waals surface area contributed by atoms with Gasteiger partial charge in [-0.2, -0.15) is 4.39 Å². The first-order valence-electron chi connectivity index (χ1n) is 3.89. The van der Waals surface area contributed by atoms with Crippen LogP contribution < -0.4 is 4.74 Å². The quantitative estimate of drug-likeness (QED) is 0.441. The lowest BCUT2D eigenvalue weighted by atomic mass is 10.3. The highest BCUT2D eigenvalue weighted by atomic mass is 19.2. The van der Waals surface area contributed by atoms with E-state index < -0.39 is 35.8 Å². The van der Waals surface area contributed by atoms with E-state index in [4.69, 9.17) is 0 Å². The summed E-state index contributed by atoms with van der Waals surface area (Å²) >= 11 is 0. The number of carbonyl (C=O) groups excluding carboxylic acids is 1. The van der Waals surface area contributed by atoms with E-state index in [0.717, 1.165) is 6.07 Å². The molecule has 0 fully saturated rings. The molecule has 0 amide bonds. The molecule has 0 spiro atoms. The average Bonchev–Trinajstić information content (AvgIpc) is 2.20. The Morgan fingerprint density at radius 3 is 2.53 bits per heavy atom. The number of halogens is 3. The van der Waals surface area contributed by atoms with Crippen LogP contribution >= 0.6 is 0 Å². The van der Waals surface area contributed by atoms with Crippen LogP contribution in [0.4, 0.5) is 13.2 Å². The summed E-state index contributed by atoms with van der Waals surface area (Å²) in [5, 5.41) is 0. The molecule has 82 valence electrons. The van der Waals surface area contributed by atoms with Crippen LogP contribution in [0.25, 0.3) is 0 Å². The van der Waals surface area contributed by atoms with Gasteiger partial charge in [0.1, 0.15) is 6.61 Å². The standard InChI is InChI=1S/C9H7F3O3/c1-14-4-7(13)15-6-3-2-5(10)8(11)9(6)12/h2-3H,4H2,1H3. The van der Waals surface area contributed by atoms with Crippen molar-refractivity contribution in [2.45, 2.75) is 0 Å². The van der Waals surface area contributed by atoms with Crippen LogP contribution in [0.5, 0.6) is 5.75 Å². The number of benzene rings is 1. The summed E-state index contributed by atoms with van der Waals surface area (Å²) in [4.78, 5) is 10.8. The lowest BCUT2D eigenvalue weighted by Gasteiger charge is -2.05. The van der Waals surface area contributed by atoms with E-state index in [1.165, 1.54) is 7.11 Å². The smallest absolute Gasteiger partial charge is 0.337 e. The zero-order chi connectivity index (χ0) is 11.4. The van der Waals surface area contributed by atoms with Gasteiger partial charge in [0.2, 0.25) is 5.82 Å². The maximum absolute atomic E-state index is 12.9. The number of ether oxygens (including phenoxy) is 2. The van der Waals surface area contributed by atoms with E-state index in [2.05, 4.69) is 9.47 Å². The zero-order valence-corrected chi connectivity index (χ0v) is 7.72. The third kappa shape index (κ3) is 2.69. The summed E-state index contributed by atoms with van der Waals surface area (Å²) in [6.45, 7) is -0.404. The molecule has 15 heavy (non-hydrogen) atoms. The van der Waals surface area contributed by atoms with Gasteiger partial charge < -0.3 is 9.47 Å². The Hall–Kier alpha value is -1.56. The molecule has 1 aromatic carbocycles. The predicted molar refractivity (Wildman–Crippen MR) is 43.8 cm³/mol. The van der Waals surface area contributed by atoms with Gasteiger partial charge >= 0.3 is 5.97 Å². The summed E-state index contributed by atoms with van der Waals surface area (Å²) in [5.74, 6) is -6.14. The molecule has 0 saturated heterocycles. The second-order valence-corrected chi connectivity index (χ2v) is 2.58. The van der Waals surface area contributed by atoms with Crippen molar-refractivity contribution in [3.8, 4) is 5.75 Å². The molecule has 0 unspecified atom stereocenters. The Morgan fingerprint density at radius 1 is 1.27 bits per heavy atom. The molecule has 1 rings (SSSR count). The van der Waals surface area contributed by atoms with Crippen molar-refractivity contribution in [1.82, 2.24) is 0 Å². The minimum atomic E-state index is -1.68. The Bertz CT molecular complexity index is 379. The molecule has 0 atom stereocenters. The van der Waals surface area contributed by atoms with Crippen LogP contribution in [-0.2, 0) is 9.53 Å². The number of hydrogen-bond donors (Lipinski definition) is 0. The van der Waals surface area contributed by atoms with Crippen molar-refractivity contribution in [3.05, 3.63) is 29.6 Å². The molecule has 0 radical (unpaired) electrons. The second-order valence-electron chi connectivity index (χ2n) is 2.58. The monoisotopic (exact) mass is 220 g/mol. The van der Waals surface area contributed by atoms with Crippen LogP contribution in [0.1, 0.15) is 0 Å². The van der Waals surface area contributed by atoms with Gasteiger partial charge in [0, 0.05) is 7.11 Å². The first kappa shape index (κ1) is 11.5. The maximum Gasteiger partial charge on any atom is 0.337 e. The minimum Gasteiger partial charge on any atom is -0.422 e. The first-order valence-corrected chi connectivity index (χ1v) is 3.89. The number of rotatable bonds is 3. The van der Waals surface area contributed by atoms with E-state index in [9.17, 15) is 18.0 Å². The molecular weight excluding hydrogens is 213 g/mol. The number of hydrogen-bond acceptors (Lipinski definition) is 3. The molecule has 0 saturated carbocycles. The summed E-state index contributed by atoms with van der Waals surface area (Å²) in [7, 11) is 1.24. The molecule has 1 aromatic rings. The fourth-order valence-corrected chi connectivity index (χ4v) is 0.857. The molecule has 3 nitrogen and oxygen atoms in total. The molecule has 0 aliphatic rings. The molecule has 0 aromatic heterocycles. The highest BCUT2D eigenvalue weighted by Gasteiger charge is 2.16. The summed E-state index contributed by atoms with van der Waals surface area (Å²) in [6.07, 6.45) is 0. The molecule has 0 N–H and O–H groups in total. The fourth-order valence-electron chi connectivity index (χ4n) is 0.857. The Kier molecular flexibility index (Phi) is 3.68. The summed E-state index contributed by atoms with van der Waals surface area (Å²) in [5.41, 5.74) is 0. The summed E-state index contributed by atoms with van der Waals surface area (Å²) < 4.78 is 46.8. The molecular formula is C9H7F3O3. The van der Waals surface area contributed by atoms with Crippen molar-refractivity contribution in [2.24, 2.45) is 0 Å². The van der Waals surface area contributed by atoms with Gasteiger partial charge in [0.25, 0.3) is 0 Å². The van der Waals surface area contributed by atoms with Crippen molar-refractivity contribution in [3.63, 3.8) is 0 Å². The van der Waals surface area contributed by atoms with E-state index >= 15 is 0 Å². The van der Waals surface area contributed by atoms with Gasteiger partial charge in [0.15, 0.2) is 17.4 Å². The Morgan fingerprint density at radius 2 is 1.93 bits per heavy atom. The van der Waals surface area contributed by atoms with Crippen LogP contribution in [0.3, 0.4) is 0 Å². The zero-order valence-electron chi connectivity index (χ0n) is 7.72. The van der Waals surface area contributed by atoms with Gasteiger partial charge in [-0.1, -0.05) is 0 Å². The lowest BCUT2D eigenvalue weighted by molar-refractivity contribution is -0.138. The van der Waals surface area contributed by atoms with Crippen molar-refractivity contribution < 1.29 is 27.4 Å². The number of esters is 1. The third-order valence-corrected chi connectivity index (χ3v) is 1.49. The average molecular weight is 220 g/mol. The summed E-state index contributed by atoms with van der Waals surface area (Å²) in [6, 6.07) is 1.48. The Balaban J connectivity index is 2.87. The second kappa shape index (κ2) is 4.79. The van der Waals surface area contributed by atoms with Crippen molar-refractivity contribution >= 4 is 5.97 Å². The van der Waals surface area contributed by atoms with Crippen LogP contribution in [0.15, 0.2) is 12.1 Å². The van der Waals surface area contributed by atoms with E-state index in [0.29, 0.717) is 6.07 Å². The van der Waals surface area contributed by atoms with E-state index in [1.54, 1.807) is 0 Å². The van der Waals surface area contributed by atoms with Gasteiger partial charge in [-0.25, -0.2) is 13.6 Å². The van der Waals surface area contributed by atoms with Crippen molar-refractivity contribution in [1.29, 1.82) is 0 Å². The van der Waals surface area contributed by atoms with Crippen molar-refractivity contribution in [2.75, 3.05) is 13.7 Å². The maximum atomic E-state index is 12.9. The number of carbonyl (C=O) groups is 1. The fraction of sp³-hybridized carbons (Fsp3) is 0.222. The normalized spacial score (nSPS) is 10.1. The van der Waals surface area contributed by atoms with Gasteiger partial charge in [0.05, 0.1) is 0 Å². The van der Waals surface area contributed by atoms with E-state index in [1.807, 2.05) is 0 Å². The van der Waals surface area contributed by atoms with Gasteiger partial charge in [-0.15, -0.1) is 0 Å². The SMILES string of the molecule is COCC(=O)Oc1ccc(F)c(F)c1F. The predicted octanol–water partition coefficient (Wildman–Crippen LogP) is 1.66. The van der Waals surface area contributed by atoms with Crippen LogP contribution in [0.2, 0.25) is 0 Å². The highest BCUT2D eigenvalue weighted by Crippen LogP contribution is 2.21. The lowest BCUT2D eigenvalue weighted by Crippen LogP contribution is -2.15. The molecule has 6 heteroatoms. The molecule has 0 aliphatic heterocycles. The third-order valence-electron chi connectivity index (χ3n) is 1.49. The Labute approximate surface area is 83.4 Å². The molecule has 0 aliphatic carbocycles. The van der Waals surface area contributed by atoms with Crippen LogP contribution in [0, 0.1) is 17.5 Å². The molecule has 0 bridgehead atoms. The number of methoxy groups -OCH3 is 1.